The minimum Gasteiger partial charge on any atom is -0.493 e. The Balaban J connectivity index is 2.99. The van der Waals surface area contributed by atoms with Gasteiger partial charge in [0.15, 0.2) is 18.1 Å². The quantitative estimate of drug-likeness (QED) is 0.410. The van der Waals surface area contributed by atoms with Crippen molar-refractivity contribution in [3.05, 3.63) is 27.8 Å². The molecule has 27 heavy (non-hydrogen) atoms. The molecule has 0 aliphatic carbocycles. The molecule has 1 amide bonds. The topological polar surface area (TPSA) is 141 Å². The number of methoxy groups -OCH3 is 2. The third-order valence-electron chi connectivity index (χ3n) is 4.04. The summed E-state index contributed by atoms with van der Waals surface area (Å²) >= 11 is 0. The summed E-state index contributed by atoms with van der Waals surface area (Å²) < 4.78 is 14.9. The molecule has 10 heteroatoms. The molecule has 0 spiro atoms. The molecule has 0 aliphatic heterocycles. The van der Waals surface area contributed by atoms with E-state index in [0.29, 0.717) is 0 Å². The van der Waals surface area contributed by atoms with Crippen LogP contribution in [0, 0.1) is 27.4 Å². The number of hydrogen-bond donors (Lipinski definition) is 1. The lowest BCUT2D eigenvalue weighted by molar-refractivity contribution is -0.385. The number of rotatable bonds is 8. The lowest BCUT2D eigenvalue weighted by Crippen LogP contribution is -2.50. The molecule has 1 aromatic rings. The minimum absolute atomic E-state index is 0.0696. The molecule has 0 bridgehead atoms. The van der Waals surface area contributed by atoms with Gasteiger partial charge in [0.1, 0.15) is 11.1 Å². The van der Waals surface area contributed by atoms with E-state index >= 15 is 0 Å². The van der Waals surface area contributed by atoms with Gasteiger partial charge in [-0.05, 0) is 12.8 Å². The van der Waals surface area contributed by atoms with E-state index in [4.69, 9.17) is 14.2 Å². The first-order valence-electron chi connectivity index (χ1n) is 7.89. The molecular formula is C17H21N3O7. The number of nitriles is 1. The summed E-state index contributed by atoms with van der Waals surface area (Å²) in [6.07, 6.45) is 0. The summed E-state index contributed by atoms with van der Waals surface area (Å²) in [5.74, 6) is -1.81. The number of hydrogen-bond acceptors (Lipinski definition) is 8. The predicted octanol–water partition coefficient (Wildman–Crippen LogP) is 1.82. The average Bonchev–Trinajstić information content (AvgIpc) is 2.64. The van der Waals surface area contributed by atoms with Gasteiger partial charge in [-0.2, -0.15) is 5.26 Å². The SMILES string of the molecule is COc1cc(C(=O)OCC(=O)N[C@@](C)(C#N)C(C)C)c([N+](=O)[O-])cc1OC. The highest BCUT2D eigenvalue weighted by Gasteiger charge is 2.31. The fourth-order valence-corrected chi connectivity index (χ4v) is 2.02. The zero-order valence-electron chi connectivity index (χ0n) is 15.7. The average molecular weight is 379 g/mol. The molecule has 0 aromatic heterocycles. The molecule has 1 aromatic carbocycles. The van der Waals surface area contributed by atoms with Crippen LogP contribution in [-0.2, 0) is 9.53 Å². The maximum atomic E-state index is 12.2. The summed E-state index contributed by atoms with van der Waals surface area (Å²) in [4.78, 5) is 34.7. The lowest BCUT2D eigenvalue weighted by atomic mass is 9.90. The fraction of sp³-hybridized carbons (Fsp3) is 0.471. The summed E-state index contributed by atoms with van der Waals surface area (Å²) in [5, 5.41) is 22.9. The Morgan fingerprint density at radius 1 is 1.30 bits per heavy atom. The molecule has 10 nitrogen and oxygen atoms in total. The summed E-state index contributed by atoms with van der Waals surface area (Å²) in [5.41, 5.74) is -2.09. The molecule has 0 radical (unpaired) electrons. The van der Waals surface area contributed by atoms with Crippen molar-refractivity contribution in [3.63, 3.8) is 0 Å². The van der Waals surface area contributed by atoms with E-state index in [1.807, 2.05) is 6.07 Å². The van der Waals surface area contributed by atoms with Crippen molar-refractivity contribution < 1.29 is 28.7 Å². The van der Waals surface area contributed by atoms with Crippen LogP contribution in [0.5, 0.6) is 11.5 Å². The highest BCUT2D eigenvalue weighted by molar-refractivity contribution is 5.96. The van der Waals surface area contributed by atoms with Crippen molar-refractivity contribution in [2.24, 2.45) is 5.92 Å². The summed E-state index contributed by atoms with van der Waals surface area (Å²) in [6, 6.07) is 4.12. The Morgan fingerprint density at radius 2 is 1.85 bits per heavy atom. The maximum Gasteiger partial charge on any atom is 0.345 e. The standard InChI is InChI=1S/C17H21N3O7/c1-10(2)17(3,9-18)19-15(21)8-27-16(22)11-6-13(25-4)14(26-5)7-12(11)20(23)24/h6-7,10H,8H2,1-5H3,(H,19,21)/t17-/m0/s1. The first-order valence-corrected chi connectivity index (χ1v) is 7.89. The highest BCUT2D eigenvalue weighted by atomic mass is 16.6. The van der Waals surface area contributed by atoms with Gasteiger partial charge in [0, 0.05) is 6.07 Å². The smallest absolute Gasteiger partial charge is 0.345 e. The van der Waals surface area contributed by atoms with E-state index in [1.54, 1.807) is 13.8 Å². The number of carbonyl (C=O) groups is 2. The van der Waals surface area contributed by atoms with E-state index in [0.717, 1.165) is 12.1 Å². The van der Waals surface area contributed by atoms with Crippen LogP contribution in [0.15, 0.2) is 12.1 Å². The van der Waals surface area contributed by atoms with Gasteiger partial charge >= 0.3 is 5.97 Å². The van der Waals surface area contributed by atoms with Crippen molar-refractivity contribution in [3.8, 4) is 17.6 Å². The summed E-state index contributed by atoms with van der Waals surface area (Å²) in [7, 11) is 2.60. The van der Waals surface area contributed by atoms with E-state index in [2.05, 4.69) is 5.32 Å². The molecule has 0 saturated heterocycles. The predicted molar refractivity (Wildman–Crippen MR) is 93.5 cm³/mol. The van der Waals surface area contributed by atoms with E-state index < -0.39 is 40.2 Å². The molecule has 0 heterocycles. The van der Waals surface area contributed by atoms with Gasteiger partial charge in [-0.25, -0.2) is 4.79 Å². The zero-order valence-corrected chi connectivity index (χ0v) is 15.7. The molecule has 0 fully saturated rings. The number of nitrogens with zero attached hydrogens (tertiary/aromatic N) is 2. The number of benzene rings is 1. The first kappa shape index (κ1) is 21.7. The largest absolute Gasteiger partial charge is 0.493 e. The van der Waals surface area contributed by atoms with Gasteiger partial charge in [-0.15, -0.1) is 0 Å². The second kappa shape index (κ2) is 8.84. The summed E-state index contributed by atoms with van der Waals surface area (Å²) in [6.45, 7) is 4.34. The minimum atomic E-state index is -1.14. The third kappa shape index (κ3) is 5.07. The van der Waals surface area contributed by atoms with E-state index in [9.17, 15) is 25.0 Å². The number of amides is 1. The van der Waals surface area contributed by atoms with Crippen LogP contribution in [0.1, 0.15) is 31.1 Å². The number of nitro groups is 1. The molecule has 1 atom stereocenters. The number of carbonyl (C=O) groups excluding carboxylic acids is 2. The third-order valence-corrected chi connectivity index (χ3v) is 4.04. The second-order valence-electron chi connectivity index (χ2n) is 6.07. The number of ether oxygens (including phenoxy) is 3. The molecule has 0 saturated carbocycles. The first-order chi connectivity index (χ1) is 12.6. The zero-order chi connectivity index (χ0) is 20.8. The van der Waals surface area contributed by atoms with Crippen molar-refractivity contribution in [1.82, 2.24) is 5.32 Å². The maximum absolute atomic E-state index is 12.2. The van der Waals surface area contributed by atoms with Gasteiger partial charge < -0.3 is 19.5 Å². The Labute approximate surface area is 156 Å². The molecule has 1 N–H and O–H groups in total. The van der Waals surface area contributed by atoms with E-state index in [-0.39, 0.29) is 17.4 Å². The van der Waals surface area contributed by atoms with Crippen molar-refractivity contribution in [2.75, 3.05) is 20.8 Å². The lowest BCUT2D eigenvalue weighted by Gasteiger charge is -2.27. The Morgan fingerprint density at radius 3 is 2.30 bits per heavy atom. The van der Waals surface area contributed by atoms with Gasteiger partial charge in [0.05, 0.1) is 31.3 Å². The van der Waals surface area contributed by atoms with E-state index in [1.165, 1.54) is 21.1 Å². The number of nitro benzene ring substituents is 1. The molecule has 0 unspecified atom stereocenters. The monoisotopic (exact) mass is 379 g/mol. The Bertz CT molecular complexity index is 785. The molecule has 0 aliphatic rings. The van der Waals surface area contributed by atoms with Crippen LogP contribution in [0.4, 0.5) is 5.69 Å². The van der Waals surface area contributed by atoms with Crippen LogP contribution in [0.25, 0.3) is 0 Å². The van der Waals surface area contributed by atoms with Crippen molar-refractivity contribution >= 4 is 17.6 Å². The van der Waals surface area contributed by atoms with Crippen LogP contribution in [0.3, 0.4) is 0 Å². The molecular weight excluding hydrogens is 358 g/mol. The van der Waals surface area contributed by atoms with Gasteiger partial charge in [0.2, 0.25) is 0 Å². The van der Waals surface area contributed by atoms with Crippen LogP contribution in [0.2, 0.25) is 0 Å². The van der Waals surface area contributed by atoms with Crippen molar-refractivity contribution in [1.29, 1.82) is 5.26 Å². The Kier molecular flexibility index (Phi) is 7.10. The molecule has 1 rings (SSSR count). The van der Waals surface area contributed by atoms with Crippen LogP contribution in [-0.4, -0.2) is 43.2 Å². The van der Waals surface area contributed by atoms with Crippen LogP contribution >= 0.6 is 0 Å². The normalized spacial score (nSPS) is 12.5. The van der Waals surface area contributed by atoms with Gasteiger partial charge in [-0.1, -0.05) is 13.8 Å². The van der Waals surface area contributed by atoms with Crippen molar-refractivity contribution in [2.45, 2.75) is 26.3 Å². The fourth-order valence-electron chi connectivity index (χ4n) is 2.02. The van der Waals surface area contributed by atoms with Crippen LogP contribution < -0.4 is 14.8 Å². The Hall–Kier alpha value is -3.35. The second-order valence-corrected chi connectivity index (χ2v) is 6.07. The number of nitrogens with one attached hydrogen (secondary N) is 1. The van der Waals surface area contributed by atoms with Gasteiger partial charge in [-0.3, -0.25) is 14.9 Å². The highest BCUT2D eigenvalue weighted by Crippen LogP contribution is 2.34. The van der Waals surface area contributed by atoms with Gasteiger partial charge in [0.25, 0.3) is 11.6 Å². The number of esters is 1. The molecule has 146 valence electrons.